The van der Waals surface area contributed by atoms with E-state index in [1.807, 2.05) is 0 Å². The van der Waals surface area contributed by atoms with Gasteiger partial charge in [-0.05, 0) is 33.0 Å². The molecule has 0 spiro atoms. The van der Waals surface area contributed by atoms with Crippen LogP contribution in [0.4, 0.5) is 0 Å². The van der Waals surface area contributed by atoms with Gasteiger partial charge in [0.1, 0.15) is 0 Å². The molecule has 92 valence electrons. The zero-order valence-corrected chi connectivity index (χ0v) is 10.6. The van der Waals surface area contributed by atoms with E-state index in [1.165, 1.54) is 0 Å². The number of nitrogens with one attached hydrogen (secondary N) is 1. The van der Waals surface area contributed by atoms with Crippen molar-refractivity contribution in [3.05, 3.63) is 0 Å². The maximum atomic E-state index is 12.3. The van der Waals surface area contributed by atoms with E-state index in [0.29, 0.717) is 17.9 Å². The van der Waals surface area contributed by atoms with Gasteiger partial charge in [0.05, 0.1) is 0 Å². The van der Waals surface area contributed by atoms with E-state index in [-0.39, 0.29) is 5.92 Å². The predicted molar refractivity (Wildman–Crippen MR) is 64.2 cm³/mol. The van der Waals surface area contributed by atoms with Crippen molar-refractivity contribution in [2.45, 2.75) is 19.9 Å². The van der Waals surface area contributed by atoms with Crippen molar-refractivity contribution in [3.8, 4) is 0 Å². The lowest BCUT2D eigenvalue weighted by molar-refractivity contribution is -0.141. The summed E-state index contributed by atoms with van der Waals surface area (Å²) in [7, 11) is 2.12. The first-order valence-corrected chi connectivity index (χ1v) is 6.29. The van der Waals surface area contributed by atoms with Crippen LogP contribution in [0, 0.1) is 11.8 Å². The smallest absolute Gasteiger partial charge is 0.226 e. The van der Waals surface area contributed by atoms with Crippen LogP contribution in [-0.2, 0) is 4.79 Å². The monoisotopic (exact) mass is 225 g/mol. The van der Waals surface area contributed by atoms with E-state index in [0.717, 1.165) is 32.7 Å². The van der Waals surface area contributed by atoms with Crippen molar-refractivity contribution >= 4 is 5.91 Å². The summed E-state index contributed by atoms with van der Waals surface area (Å²) in [4.78, 5) is 16.7. The largest absolute Gasteiger partial charge is 0.337 e. The van der Waals surface area contributed by atoms with Crippen LogP contribution in [0.2, 0.25) is 0 Å². The van der Waals surface area contributed by atoms with Gasteiger partial charge in [-0.3, -0.25) is 4.79 Å². The lowest BCUT2D eigenvalue weighted by Crippen LogP contribution is -2.57. The topological polar surface area (TPSA) is 35.6 Å². The fourth-order valence-electron chi connectivity index (χ4n) is 2.59. The van der Waals surface area contributed by atoms with Gasteiger partial charge in [-0.25, -0.2) is 0 Å². The Balaban J connectivity index is 1.92. The minimum atomic E-state index is 0.187. The maximum absolute atomic E-state index is 12.3. The summed E-state index contributed by atoms with van der Waals surface area (Å²) in [5, 5.41) is 3.24. The first kappa shape index (κ1) is 11.9. The molecule has 16 heavy (non-hydrogen) atoms. The molecule has 2 saturated heterocycles. The van der Waals surface area contributed by atoms with Gasteiger partial charge in [0, 0.05) is 31.6 Å². The molecule has 0 bridgehead atoms. The molecule has 0 aromatic rings. The lowest BCUT2D eigenvalue weighted by atomic mass is 9.87. The third-order valence-electron chi connectivity index (χ3n) is 4.02. The van der Waals surface area contributed by atoms with Crippen molar-refractivity contribution in [1.82, 2.24) is 15.1 Å². The van der Waals surface area contributed by atoms with Crippen LogP contribution >= 0.6 is 0 Å². The molecule has 4 nitrogen and oxygen atoms in total. The van der Waals surface area contributed by atoms with Gasteiger partial charge in [0.2, 0.25) is 5.91 Å². The molecule has 0 radical (unpaired) electrons. The van der Waals surface area contributed by atoms with Crippen LogP contribution in [0.1, 0.15) is 13.8 Å². The number of nitrogens with zero attached hydrogens (tertiary/aromatic N) is 2. The summed E-state index contributed by atoms with van der Waals surface area (Å²) in [6.45, 7) is 9.15. The quantitative estimate of drug-likeness (QED) is 0.719. The molecule has 2 aliphatic rings. The minimum Gasteiger partial charge on any atom is -0.337 e. The highest BCUT2D eigenvalue weighted by Crippen LogP contribution is 2.20. The Hall–Kier alpha value is -0.610. The van der Waals surface area contributed by atoms with E-state index in [1.54, 1.807) is 0 Å². The number of carbonyl (C=O) groups is 1. The van der Waals surface area contributed by atoms with Crippen LogP contribution in [0.3, 0.4) is 0 Å². The molecule has 0 aliphatic carbocycles. The zero-order valence-electron chi connectivity index (χ0n) is 10.6. The van der Waals surface area contributed by atoms with Gasteiger partial charge in [-0.1, -0.05) is 6.92 Å². The van der Waals surface area contributed by atoms with E-state index in [9.17, 15) is 4.79 Å². The molecule has 2 heterocycles. The van der Waals surface area contributed by atoms with E-state index in [4.69, 9.17) is 0 Å². The second-order valence-electron chi connectivity index (χ2n) is 5.35. The average molecular weight is 225 g/mol. The standard InChI is InChI=1S/C12H23N3O/c1-9-8-14(3)4-5-15(9)12(16)10(2)11-6-13-7-11/h9-11,13H,4-8H2,1-3H3. The highest BCUT2D eigenvalue weighted by atomic mass is 16.2. The molecule has 2 rings (SSSR count). The Labute approximate surface area is 98.0 Å². The van der Waals surface area contributed by atoms with Crippen molar-refractivity contribution in [1.29, 1.82) is 0 Å². The van der Waals surface area contributed by atoms with Crippen LogP contribution in [0.15, 0.2) is 0 Å². The van der Waals surface area contributed by atoms with Gasteiger partial charge in [0.25, 0.3) is 0 Å². The number of hydrogen-bond acceptors (Lipinski definition) is 3. The van der Waals surface area contributed by atoms with Gasteiger partial charge in [-0.2, -0.15) is 0 Å². The van der Waals surface area contributed by atoms with Gasteiger partial charge in [0.15, 0.2) is 0 Å². The molecular formula is C12H23N3O. The number of piperazine rings is 1. The molecule has 0 aromatic carbocycles. The van der Waals surface area contributed by atoms with E-state index >= 15 is 0 Å². The summed E-state index contributed by atoms with van der Waals surface area (Å²) >= 11 is 0. The highest BCUT2D eigenvalue weighted by molar-refractivity contribution is 5.79. The molecule has 1 N–H and O–H groups in total. The second-order valence-corrected chi connectivity index (χ2v) is 5.35. The lowest BCUT2D eigenvalue weighted by Gasteiger charge is -2.42. The molecule has 4 heteroatoms. The van der Waals surface area contributed by atoms with Crippen molar-refractivity contribution in [3.63, 3.8) is 0 Å². The third-order valence-corrected chi connectivity index (χ3v) is 4.02. The van der Waals surface area contributed by atoms with Crippen LogP contribution in [0.25, 0.3) is 0 Å². The number of likely N-dealkylation sites (N-methyl/N-ethyl adjacent to an activating group) is 1. The Kier molecular flexibility index (Phi) is 3.50. The summed E-state index contributed by atoms with van der Waals surface area (Å²) in [5.74, 6) is 1.10. The Morgan fingerprint density at radius 3 is 2.56 bits per heavy atom. The number of rotatable bonds is 2. The van der Waals surface area contributed by atoms with Crippen LogP contribution in [-0.4, -0.2) is 61.5 Å². The molecule has 0 aromatic heterocycles. The Morgan fingerprint density at radius 1 is 1.38 bits per heavy atom. The summed E-state index contributed by atoms with van der Waals surface area (Å²) in [6.07, 6.45) is 0. The fourth-order valence-corrected chi connectivity index (χ4v) is 2.59. The number of carbonyl (C=O) groups excluding carboxylic acids is 1. The first-order chi connectivity index (χ1) is 7.59. The molecule has 1 amide bonds. The summed E-state index contributed by atoms with van der Waals surface area (Å²) in [6, 6.07) is 0.363. The molecule has 2 fully saturated rings. The molecule has 2 aliphatic heterocycles. The molecule has 0 saturated carbocycles. The zero-order chi connectivity index (χ0) is 11.7. The minimum absolute atomic E-state index is 0.187. The SMILES string of the molecule is CC(C(=O)N1CCN(C)CC1C)C1CNC1. The maximum Gasteiger partial charge on any atom is 0.226 e. The molecule has 2 atom stereocenters. The number of hydrogen-bond donors (Lipinski definition) is 1. The third kappa shape index (κ3) is 2.23. The van der Waals surface area contributed by atoms with Crippen molar-refractivity contribution in [2.75, 3.05) is 39.8 Å². The summed E-state index contributed by atoms with van der Waals surface area (Å²) in [5.41, 5.74) is 0. The van der Waals surface area contributed by atoms with Crippen LogP contribution < -0.4 is 5.32 Å². The molecule has 2 unspecified atom stereocenters. The van der Waals surface area contributed by atoms with Gasteiger partial charge < -0.3 is 15.1 Å². The second kappa shape index (κ2) is 4.72. The average Bonchev–Trinajstić information content (AvgIpc) is 2.14. The normalized spacial score (nSPS) is 29.9. The van der Waals surface area contributed by atoms with Crippen molar-refractivity contribution < 1.29 is 4.79 Å². The van der Waals surface area contributed by atoms with Crippen molar-refractivity contribution in [2.24, 2.45) is 11.8 Å². The summed E-state index contributed by atoms with van der Waals surface area (Å²) < 4.78 is 0. The fraction of sp³-hybridized carbons (Fsp3) is 0.917. The predicted octanol–water partition coefficient (Wildman–Crippen LogP) is 0.00440. The van der Waals surface area contributed by atoms with E-state index in [2.05, 4.69) is 36.0 Å². The van der Waals surface area contributed by atoms with Gasteiger partial charge in [-0.15, -0.1) is 0 Å². The highest BCUT2D eigenvalue weighted by Gasteiger charge is 2.34. The first-order valence-electron chi connectivity index (χ1n) is 6.29. The molecular weight excluding hydrogens is 202 g/mol. The van der Waals surface area contributed by atoms with Crippen LogP contribution in [0.5, 0.6) is 0 Å². The van der Waals surface area contributed by atoms with Gasteiger partial charge >= 0.3 is 0 Å². The van der Waals surface area contributed by atoms with E-state index < -0.39 is 0 Å². The Bertz CT molecular complexity index is 265. The Morgan fingerprint density at radius 2 is 2.06 bits per heavy atom. The number of amides is 1.